The standard InChI is InChI=1S/C8H13NOS/c1-2-3-4-7-11-8-5-6-9-10-8/h5-6H,2-4,7H2,1H3. The third-order valence-electron chi connectivity index (χ3n) is 1.41. The maximum absolute atomic E-state index is 4.93. The minimum Gasteiger partial charge on any atom is -0.350 e. The zero-order chi connectivity index (χ0) is 7.94. The number of aromatic nitrogens is 1. The molecule has 0 spiro atoms. The van der Waals surface area contributed by atoms with E-state index in [2.05, 4.69) is 12.1 Å². The zero-order valence-corrected chi connectivity index (χ0v) is 7.56. The van der Waals surface area contributed by atoms with Gasteiger partial charge in [-0.25, -0.2) is 0 Å². The topological polar surface area (TPSA) is 26.0 Å². The molecule has 0 aliphatic rings. The van der Waals surface area contributed by atoms with Gasteiger partial charge in [-0.3, -0.25) is 0 Å². The van der Waals surface area contributed by atoms with Gasteiger partial charge in [-0.15, -0.1) is 0 Å². The van der Waals surface area contributed by atoms with E-state index in [4.69, 9.17) is 4.52 Å². The monoisotopic (exact) mass is 171 g/mol. The van der Waals surface area contributed by atoms with Gasteiger partial charge in [0.15, 0.2) is 5.09 Å². The van der Waals surface area contributed by atoms with Gasteiger partial charge in [0.1, 0.15) is 0 Å². The van der Waals surface area contributed by atoms with E-state index in [-0.39, 0.29) is 0 Å². The van der Waals surface area contributed by atoms with Crippen LogP contribution in [0.3, 0.4) is 0 Å². The van der Waals surface area contributed by atoms with Crippen molar-refractivity contribution in [1.29, 1.82) is 0 Å². The molecule has 0 saturated carbocycles. The van der Waals surface area contributed by atoms with Crippen LogP contribution in [0.15, 0.2) is 21.9 Å². The lowest BCUT2D eigenvalue weighted by atomic mass is 10.3. The number of hydrogen-bond acceptors (Lipinski definition) is 3. The number of thioether (sulfide) groups is 1. The molecule has 0 aliphatic carbocycles. The second-order valence-corrected chi connectivity index (χ2v) is 3.49. The van der Waals surface area contributed by atoms with Crippen molar-refractivity contribution in [2.24, 2.45) is 0 Å². The van der Waals surface area contributed by atoms with Crippen molar-refractivity contribution in [3.05, 3.63) is 12.3 Å². The fourth-order valence-corrected chi connectivity index (χ4v) is 1.61. The van der Waals surface area contributed by atoms with E-state index in [9.17, 15) is 0 Å². The second kappa shape index (κ2) is 5.24. The summed E-state index contributed by atoms with van der Waals surface area (Å²) in [5.41, 5.74) is 0. The van der Waals surface area contributed by atoms with Gasteiger partial charge in [-0.1, -0.05) is 36.7 Å². The van der Waals surface area contributed by atoms with Crippen LogP contribution in [0.2, 0.25) is 0 Å². The molecule has 0 bridgehead atoms. The van der Waals surface area contributed by atoms with Crippen LogP contribution in [0.25, 0.3) is 0 Å². The van der Waals surface area contributed by atoms with Crippen LogP contribution in [0.5, 0.6) is 0 Å². The van der Waals surface area contributed by atoms with Gasteiger partial charge in [0, 0.05) is 11.8 Å². The van der Waals surface area contributed by atoms with Gasteiger partial charge >= 0.3 is 0 Å². The van der Waals surface area contributed by atoms with Crippen LogP contribution in [0.1, 0.15) is 26.2 Å². The van der Waals surface area contributed by atoms with Crippen molar-refractivity contribution >= 4 is 11.8 Å². The minimum atomic E-state index is 0.932. The van der Waals surface area contributed by atoms with Crippen molar-refractivity contribution in [2.45, 2.75) is 31.3 Å². The summed E-state index contributed by atoms with van der Waals surface area (Å²) in [6.07, 6.45) is 5.53. The number of unbranched alkanes of at least 4 members (excludes halogenated alkanes) is 2. The highest BCUT2D eigenvalue weighted by Crippen LogP contribution is 2.17. The Morgan fingerprint density at radius 2 is 2.45 bits per heavy atom. The minimum absolute atomic E-state index is 0.932. The summed E-state index contributed by atoms with van der Waals surface area (Å²) in [4.78, 5) is 0. The Labute approximate surface area is 71.3 Å². The molecule has 62 valence electrons. The Bertz CT molecular complexity index is 174. The highest BCUT2D eigenvalue weighted by Gasteiger charge is 1.95. The van der Waals surface area contributed by atoms with Gasteiger partial charge in [-0.05, 0) is 6.42 Å². The summed E-state index contributed by atoms with van der Waals surface area (Å²) < 4.78 is 4.93. The molecule has 0 aromatic carbocycles. The maximum atomic E-state index is 4.93. The number of nitrogens with zero attached hydrogens (tertiary/aromatic N) is 1. The Morgan fingerprint density at radius 3 is 3.09 bits per heavy atom. The van der Waals surface area contributed by atoms with Crippen LogP contribution in [-0.2, 0) is 0 Å². The predicted molar refractivity (Wildman–Crippen MR) is 46.8 cm³/mol. The first-order valence-corrected chi connectivity index (χ1v) is 4.95. The normalized spacial score (nSPS) is 10.3. The molecule has 1 heterocycles. The van der Waals surface area contributed by atoms with E-state index in [1.54, 1.807) is 18.0 Å². The summed E-state index contributed by atoms with van der Waals surface area (Å²) in [5.74, 6) is 1.14. The Hall–Kier alpha value is -0.440. The Balaban J connectivity index is 2.04. The molecule has 0 fully saturated rings. The van der Waals surface area contributed by atoms with Crippen LogP contribution in [-0.4, -0.2) is 10.9 Å². The van der Waals surface area contributed by atoms with Gasteiger partial charge in [0.25, 0.3) is 0 Å². The van der Waals surface area contributed by atoms with Gasteiger partial charge in [0.2, 0.25) is 0 Å². The first-order chi connectivity index (χ1) is 5.43. The van der Waals surface area contributed by atoms with E-state index in [0.717, 1.165) is 10.8 Å². The lowest BCUT2D eigenvalue weighted by Crippen LogP contribution is -1.77. The summed E-state index contributed by atoms with van der Waals surface area (Å²) in [7, 11) is 0. The molecule has 0 atom stereocenters. The van der Waals surface area contributed by atoms with E-state index >= 15 is 0 Å². The lowest BCUT2D eigenvalue weighted by molar-refractivity contribution is 0.349. The van der Waals surface area contributed by atoms with Crippen molar-refractivity contribution in [3.63, 3.8) is 0 Å². The second-order valence-electron chi connectivity index (χ2n) is 2.39. The highest BCUT2D eigenvalue weighted by molar-refractivity contribution is 7.99. The van der Waals surface area contributed by atoms with E-state index in [0.29, 0.717) is 0 Å². The summed E-state index contributed by atoms with van der Waals surface area (Å²) in [6.45, 7) is 2.21. The van der Waals surface area contributed by atoms with Crippen LogP contribution in [0, 0.1) is 0 Å². The predicted octanol–water partition coefficient (Wildman–Crippen LogP) is 2.96. The zero-order valence-electron chi connectivity index (χ0n) is 6.75. The first kappa shape index (κ1) is 8.65. The van der Waals surface area contributed by atoms with E-state index in [1.165, 1.54) is 19.3 Å². The number of hydrogen-bond donors (Lipinski definition) is 0. The molecule has 2 nitrogen and oxygen atoms in total. The molecule has 1 rings (SSSR count). The lowest BCUT2D eigenvalue weighted by Gasteiger charge is -1.94. The molecular formula is C8H13NOS. The quantitative estimate of drug-likeness (QED) is 0.503. The molecule has 1 aromatic heterocycles. The van der Waals surface area contributed by atoms with Crippen LogP contribution >= 0.6 is 11.8 Å². The Morgan fingerprint density at radius 1 is 1.55 bits per heavy atom. The van der Waals surface area contributed by atoms with Gasteiger partial charge < -0.3 is 4.52 Å². The fraction of sp³-hybridized carbons (Fsp3) is 0.625. The highest BCUT2D eigenvalue weighted by atomic mass is 32.2. The van der Waals surface area contributed by atoms with Crippen molar-refractivity contribution < 1.29 is 4.52 Å². The van der Waals surface area contributed by atoms with Crippen molar-refractivity contribution in [1.82, 2.24) is 5.16 Å². The molecule has 0 N–H and O–H groups in total. The van der Waals surface area contributed by atoms with E-state index < -0.39 is 0 Å². The molecule has 0 amide bonds. The van der Waals surface area contributed by atoms with Gasteiger partial charge in [0.05, 0.1) is 6.20 Å². The third kappa shape index (κ3) is 3.46. The fourth-order valence-electron chi connectivity index (χ4n) is 0.803. The average Bonchev–Trinajstić information content (AvgIpc) is 2.50. The molecule has 0 unspecified atom stereocenters. The van der Waals surface area contributed by atoms with Crippen molar-refractivity contribution in [2.75, 3.05) is 5.75 Å². The summed E-state index contributed by atoms with van der Waals surface area (Å²) >= 11 is 1.74. The average molecular weight is 171 g/mol. The maximum Gasteiger partial charge on any atom is 0.193 e. The molecular weight excluding hydrogens is 158 g/mol. The molecule has 11 heavy (non-hydrogen) atoms. The van der Waals surface area contributed by atoms with Crippen LogP contribution < -0.4 is 0 Å². The molecule has 0 radical (unpaired) electrons. The molecule has 0 aliphatic heterocycles. The largest absolute Gasteiger partial charge is 0.350 e. The van der Waals surface area contributed by atoms with Crippen molar-refractivity contribution in [3.8, 4) is 0 Å². The van der Waals surface area contributed by atoms with E-state index in [1.807, 2.05) is 6.07 Å². The summed E-state index contributed by atoms with van der Waals surface area (Å²) in [5, 5.41) is 4.56. The van der Waals surface area contributed by atoms with Gasteiger partial charge in [-0.2, -0.15) is 0 Å². The third-order valence-corrected chi connectivity index (χ3v) is 2.39. The first-order valence-electron chi connectivity index (χ1n) is 3.97. The molecule has 0 saturated heterocycles. The smallest absolute Gasteiger partial charge is 0.193 e. The number of rotatable bonds is 5. The molecule has 3 heteroatoms. The molecule has 1 aromatic rings. The van der Waals surface area contributed by atoms with Crippen LogP contribution in [0.4, 0.5) is 0 Å². The SMILES string of the molecule is CCCCCSc1ccno1. The summed E-state index contributed by atoms with van der Waals surface area (Å²) in [6, 6.07) is 1.90. The Kier molecular flexibility index (Phi) is 4.12.